The quantitative estimate of drug-likeness (QED) is 0.0334. The molecule has 20 fully saturated rings. The van der Waals surface area contributed by atoms with Gasteiger partial charge in [-0.05, 0) is 13.3 Å². The van der Waals surface area contributed by atoms with Crippen molar-refractivity contribution in [2.24, 2.45) is 5.73 Å². The molecule has 38 nitrogen and oxygen atoms in total. The zero-order valence-corrected chi connectivity index (χ0v) is 55.1. The Morgan fingerprint density at radius 2 is 0.763 bits per heavy atom. The molecule has 36 atom stereocenters. The number of carbonyl (C=O) groups is 3. The summed E-state index contributed by atoms with van der Waals surface area (Å²) in [7, 11) is 3.21. The summed E-state index contributed by atoms with van der Waals surface area (Å²) in [6.45, 7) is -2.62. The smallest absolute Gasteiger partial charge is 0.220 e. The molecule has 556 valence electrons. The molecule has 44 heteroatoms. The average Bonchev–Trinajstić information content (AvgIpc) is 0.780. The molecule has 20 aliphatic rings. The van der Waals surface area contributed by atoms with Crippen LogP contribution in [0.25, 0.3) is 0 Å². The van der Waals surface area contributed by atoms with Crippen LogP contribution < -0.4 is 11.1 Å². The summed E-state index contributed by atoms with van der Waals surface area (Å²) in [4.78, 5) is 49.7. The highest BCUT2D eigenvalue weighted by Gasteiger charge is 2.59. The number of hydrogen-bond donors (Lipinski definition) is 21. The van der Waals surface area contributed by atoms with E-state index in [9.17, 15) is 111 Å². The summed E-state index contributed by atoms with van der Waals surface area (Å²) in [5.41, 5.74) is 5.37. The maximum absolute atomic E-state index is 13.1. The number of amides is 1. The minimum absolute atomic E-state index is 0.00475. The molecule has 1 amide bonds. The second-order valence-electron chi connectivity index (χ2n) is 24.6. The predicted octanol–water partition coefficient (Wildman–Crippen LogP) is -16.1. The van der Waals surface area contributed by atoms with E-state index in [1.807, 2.05) is 6.92 Å². The number of thioether (sulfide) groups is 2. The van der Waals surface area contributed by atoms with Gasteiger partial charge in [0.1, 0.15) is 164 Å². The molecule has 0 aromatic rings. The number of nitrogens with one attached hydrogen (secondary N) is 1. The molecule has 12 bridgehead atoms. The highest BCUT2D eigenvalue weighted by atomic mass is 32.2. The first-order valence-electron chi connectivity index (χ1n) is 32.1. The Balaban J connectivity index is 1.24. The number of carbonyl (C=O) groups excluding carboxylic acids is 3. The Kier molecular flexibility index (Phi) is 32.8. The van der Waals surface area contributed by atoms with Crippen LogP contribution in [0.1, 0.15) is 33.1 Å². The summed E-state index contributed by atoms with van der Waals surface area (Å²) in [6.07, 6.45) is -67.7. The summed E-state index contributed by atoms with van der Waals surface area (Å²) < 4.78 is 71.1. The Morgan fingerprint density at radius 1 is 0.443 bits per heavy atom. The maximum atomic E-state index is 13.1. The van der Waals surface area contributed by atoms with E-state index in [1.165, 1.54) is 0 Å². The van der Waals surface area contributed by atoms with E-state index in [2.05, 4.69) is 5.32 Å². The predicted molar refractivity (Wildman–Crippen MR) is 332 cm³/mol. The number of aliphatic hydroxyl groups excluding tert-OH is 19. The molecule has 0 aromatic carbocycles. The Hall–Kier alpha value is -1.59. The van der Waals surface area contributed by atoms with Gasteiger partial charge in [-0.15, -0.1) is 0 Å². The van der Waals surface area contributed by atoms with Crippen LogP contribution in [0.2, 0.25) is 0 Å². The summed E-state index contributed by atoms with van der Waals surface area (Å²) >= 11 is 1.92. The number of unbranched alkanes of at least 4 members (excludes halogenated alkanes) is 1. The van der Waals surface area contributed by atoms with E-state index in [1.54, 1.807) is 15.5 Å². The molecule has 0 aromatic heterocycles. The fourth-order valence-electron chi connectivity index (χ4n) is 11.9. The first-order valence-corrected chi connectivity index (χ1v) is 34.5. The molecule has 20 heterocycles. The summed E-state index contributed by atoms with van der Waals surface area (Å²) in [5.74, 6) is -1.25. The van der Waals surface area contributed by atoms with Crippen LogP contribution in [0.5, 0.6) is 0 Å². The van der Waals surface area contributed by atoms with Crippen LogP contribution in [0.3, 0.4) is 0 Å². The van der Waals surface area contributed by atoms with Crippen molar-refractivity contribution in [3.63, 3.8) is 0 Å². The standard InChI is InChI=1S/C53H94B4N2O36S2/c1-3-4-5-25(66)59-17(47(81)57-55)12-97-14-24-45-32(73)38(79)53(87-24)91-42-21(9-63)83-49(34(75)28(42)69)89-40-19(7-61)85-51(36(77)30(40)71)93-44-23(13-96-11-16(58)46(80)56-54)86-52(37(78)31(44)72)90-41-20(8-62)82-48(33(74)27(41)68)88-39-18(6-60)84-50(35(76)29(39)70)92-43(26(67)15(2)65)22(10-64)94-95-45/h15-24,26-45,48-53,56-57,60-65,67-79H,3-14,54-55,58H2,1-2H3,(H,59,66)/t15-,16-,17-,18?,19?,20?,21?,22?,23?,24?,26?,27?,28?,29?,30?,31?,32?,33?,34?,35?,36?,37?,38?,39?,40?,41?,42?,43?,44?,45?,48?,49?,50?,51?,52?,53?/m1/s1. The molecule has 0 spiro atoms. The first kappa shape index (κ1) is 82.7. The van der Waals surface area contributed by atoms with Crippen LogP contribution in [0.15, 0.2) is 0 Å². The van der Waals surface area contributed by atoms with Crippen molar-refractivity contribution < 1.29 is 178 Å². The average molecular weight is 1440 g/mol. The van der Waals surface area contributed by atoms with E-state index in [4.69, 9.17) is 72.4 Å². The molecule has 20 rings (SSSR count). The van der Waals surface area contributed by atoms with Gasteiger partial charge < -0.3 is 175 Å². The molecule has 0 radical (unpaired) electrons. The minimum Gasteiger partial charge on any atom is -0.394 e. The van der Waals surface area contributed by atoms with Crippen molar-refractivity contribution in [1.82, 2.24) is 5.32 Å². The van der Waals surface area contributed by atoms with E-state index >= 15 is 0 Å². The lowest BCUT2D eigenvalue weighted by atomic mass is 9.51. The first-order chi connectivity index (χ1) is 46.1. The molecule has 20 aliphatic heterocycles. The Morgan fingerprint density at radius 3 is 1.10 bits per heavy atom. The van der Waals surface area contributed by atoms with Gasteiger partial charge in [0.2, 0.25) is 5.91 Å². The van der Waals surface area contributed by atoms with Crippen LogP contribution in [-0.4, -0.2) is 421 Å². The van der Waals surface area contributed by atoms with Crippen LogP contribution >= 0.6 is 23.5 Å². The summed E-state index contributed by atoms with van der Waals surface area (Å²) in [5, 5.41) is 219. The van der Waals surface area contributed by atoms with E-state index in [0.29, 0.717) is 12.8 Å². The molecule has 20 saturated heterocycles. The van der Waals surface area contributed by atoms with Gasteiger partial charge >= 0.3 is 0 Å². The van der Waals surface area contributed by atoms with Crippen molar-refractivity contribution in [1.29, 1.82) is 0 Å². The monoisotopic (exact) mass is 1440 g/mol. The SMILES string of the molecule is BBC(=O)[C@H](N)CSCC1OC2OC3C(CO)OC(OC4C(CO)OC(OC(C(O)[C@@H](C)O)C(CO)OOC5C(CSC[C@@H](NC(=O)CCCC)C(=O)BB)OC(OC6C(CO)OC(OC7C(CO)OC(OC1C(O)C2O)C(O)C7O)C(O)C6O)C(O)C5O)C(O)C4O)C(O)C3O. The van der Waals surface area contributed by atoms with E-state index in [0.717, 1.165) is 30.4 Å². The Bertz CT molecular complexity index is 2410. The fourth-order valence-corrected chi connectivity index (χ4v) is 14.1. The van der Waals surface area contributed by atoms with Crippen molar-refractivity contribution in [2.75, 3.05) is 56.0 Å². The molecule has 0 aliphatic carbocycles. The highest BCUT2D eigenvalue weighted by molar-refractivity contribution is 7.99. The molecular weight excluding hydrogens is 1350 g/mol. The van der Waals surface area contributed by atoms with Gasteiger partial charge in [-0.2, -0.15) is 23.5 Å². The van der Waals surface area contributed by atoms with Crippen LogP contribution in [0.4, 0.5) is 0 Å². The van der Waals surface area contributed by atoms with Crippen molar-refractivity contribution in [3.05, 3.63) is 0 Å². The van der Waals surface area contributed by atoms with Gasteiger partial charge in [-0.3, -0.25) is 4.79 Å². The number of aliphatic hydroxyl groups is 19. The van der Waals surface area contributed by atoms with Gasteiger partial charge in [0.15, 0.2) is 52.1 Å². The number of rotatable bonds is 23. The normalized spacial score (nSPS) is 44.6. The topological polar surface area (TPSA) is 603 Å². The zero-order chi connectivity index (χ0) is 71.4. The van der Waals surface area contributed by atoms with Gasteiger partial charge in [-0.1, -0.05) is 13.3 Å². The Labute approximate surface area is 567 Å². The third kappa shape index (κ3) is 19.9. The van der Waals surface area contributed by atoms with Gasteiger partial charge in [0, 0.05) is 29.4 Å². The molecule has 22 N–H and O–H groups in total. The minimum atomic E-state index is -2.31. The van der Waals surface area contributed by atoms with Crippen LogP contribution in [0, 0.1) is 0 Å². The third-order valence-electron chi connectivity index (χ3n) is 17.7. The highest BCUT2D eigenvalue weighted by Crippen LogP contribution is 2.39. The lowest BCUT2D eigenvalue weighted by molar-refractivity contribution is -0.431. The van der Waals surface area contributed by atoms with Crippen LogP contribution in [-0.2, 0) is 81.0 Å². The second kappa shape index (κ2) is 38.4. The zero-order valence-electron chi connectivity index (χ0n) is 53.5. The molecule has 97 heavy (non-hydrogen) atoms. The molecular formula is C53H94B4N2O36S2. The maximum Gasteiger partial charge on any atom is 0.220 e. The van der Waals surface area contributed by atoms with Crippen molar-refractivity contribution >= 4 is 70.6 Å². The number of ether oxygens (including phenoxy) is 12. The number of nitrogens with two attached hydrogens (primary N) is 1. The lowest BCUT2D eigenvalue weighted by Crippen LogP contribution is -2.68. The van der Waals surface area contributed by atoms with Crippen molar-refractivity contribution in [2.45, 2.75) is 254 Å². The summed E-state index contributed by atoms with van der Waals surface area (Å²) in [6, 6.07) is -2.08. The van der Waals surface area contributed by atoms with Gasteiger partial charge in [0.05, 0.1) is 78.5 Å². The van der Waals surface area contributed by atoms with E-state index in [-0.39, 0.29) is 55.1 Å². The second-order valence-corrected chi connectivity index (χ2v) is 26.8. The largest absolute Gasteiger partial charge is 0.394 e. The van der Waals surface area contributed by atoms with Crippen molar-refractivity contribution in [3.8, 4) is 0 Å². The van der Waals surface area contributed by atoms with Gasteiger partial charge in [0.25, 0.3) is 0 Å². The lowest BCUT2D eigenvalue weighted by Gasteiger charge is -2.50. The number of hydrogen-bond acceptors (Lipinski definition) is 39. The molecule has 0 saturated carbocycles. The third-order valence-corrected chi connectivity index (χ3v) is 20.0. The van der Waals surface area contributed by atoms with Gasteiger partial charge in [-0.25, -0.2) is 9.78 Å². The molecule has 33 unspecified atom stereocenters. The van der Waals surface area contributed by atoms with E-state index < -0.39 is 260 Å². The fraction of sp³-hybridized carbons (Fsp3) is 0.943.